The molecule has 3 aliphatic heterocycles. The van der Waals surface area contributed by atoms with E-state index in [-0.39, 0.29) is 6.10 Å². The molecule has 3 nitrogen and oxygen atoms in total. The van der Waals surface area contributed by atoms with Gasteiger partial charge in [-0.3, -0.25) is 4.90 Å². The minimum atomic E-state index is -0.0717. The molecule has 0 amide bonds. The number of nitrogens with zero attached hydrogens (tertiary/aromatic N) is 1. The topological polar surface area (TPSA) is 36.0 Å². The Balaban J connectivity index is 1.90. The first kappa shape index (κ1) is 6.40. The number of piperidine rings is 1. The highest BCUT2D eigenvalue weighted by molar-refractivity contribution is 5.13. The Morgan fingerprint density at radius 1 is 1.27 bits per heavy atom. The standard InChI is InChI=1S/C8H13NO2/c1-9-5-2-4(10)3-6(9)8-7(5)11-8/h4-8,10H,2-3H2,1H3/t4?,5-,6?,7+,8-/m1/s1. The third kappa shape index (κ3) is 0.687. The molecule has 3 fully saturated rings. The van der Waals surface area contributed by atoms with Crippen LogP contribution in [0.5, 0.6) is 0 Å². The van der Waals surface area contributed by atoms with Crippen LogP contribution in [0.25, 0.3) is 0 Å². The van der Waals surface area contributed by atoms with Gasteiger partial charge in [0, 0.05) is 12.1 Å². The lowest BCUT2D eigenvalue weighted by Crippen LogP contribution is -2.46. The van der Waals surface area contributed by atoms with Crippen LogP contribution in [-0.4, -0.2) is 47.4 Å². The zero-order chi connectivity index (χ0) is 7.59. The Morgan fingerprint density at radius 2 is 1.82 bits per heavy atom. The maximum absolute atomic E-state index is 9.46. The van der Waals surface area contributed by atoms with Crippen molar-refractivity contribution in [3.05, 3.63) is 0 Å². The highest BCUT2D eigenvalue weighted by Crippen LogP contribution is 2.47. The monoisotopic (exact) mass is 155 g/mol. The van der Waals surface area contributed by atoms with Gasteiger partial charge in [-0.25, -0.2) is 0 Å². The maximum atomic E-state index is 9.46. The molecule has 2 unspecified atom stereocenters. The largest absolute Gasteiger partial charge is 0.393 e. The molecule has 0 aromatic heterocycles. The van der Waals surface area contributed by atoms with Crippen molar-refractivity contribution < 1.29 is 9.84 Å². The molecule has 3 heteroatoms. The molecular weight excluding hydrogens is 142 g/mol. The Hall–Kier alpha value is -0.120. The van der Waals surface area contributed by atoms with Crippen molar-refractivity contribution in [2.45, 2.75) is 43.2 Å². The van der Waals surface area contributed by atoms with E-state index in [1.165, 1.54) is 0 Å². The number of hydrogen-bond donors (Lipinski definition) is 1. The fourth-order valence-electron chi connectivity index (χ4n) is 2.72. The number of fused-ring (bicyclic) bond motifs is 5. The van der Waals surface area contributed by atoms with E-state index in [4.69, 9.17) is 4.74 Å². The predicted octanol–water partition coefficient (Wildman–Crippen LogP) is -0.409. The molecule has 0 aromatic carbocycles. The van der Waals surface area contributed by atoms with Crippen LogP contribution in [0.15, 0.2) is 0 Å². The van der Waals surface area contributed by atoms with Gasteiger partial charge in [0.25, 0.3) is 0 Å². The second-order valence-corrected chi connectivity index (χ2v) is 3.99. The molecule has 62 valence electrons. The highest BCUT2D eigenvalue weighted by Gasteiger charge is 2.62. The minimum absolute atomic E-state index is 0.0717. The van der Waals surface area contributed by atoms with Crippen LogP contribution in [-0.2, 0) is 4.74 Å². The molecule has 3 saturated heterocycles. The molecular formula is C8H13NO2. The van der Waals surface area contributed by atoms with Gasteiger partial charge in [-0.1, -0.05) is 0 Å². The van der Waals surface area contributed by atoms with Crippen molar-refractivity contribution in [3.63, 3.8) is 0 Å². The quantitative estimate of drug-likeness (QED) is 0.483. The average molecular weight is 155 g/mol. The van der Waals surface area contributed by atoms with Crippen molar-refractivity contribution in [3.8, 4) is 0 Å². The van der Waals surface area contributed by atoms with Gasteiger partial charge in [0.15, 0.2) is 0 Å². The van der Waals surface area contributed by atoms with Crippen LogP contribution in [0, 0.1) is 0 Å². The first-order valence-electron chi connectivity index (χ1n) is 4.33. The molecule has 0 radical (unpaired) electrons. The number of likely N-dealkylation sites (N-methyl/N-ethyl adjacent to an activating group) is 1. The molecule has 0 aromatic rings. The zero-order valence-corrected chi connectivity index (χ0v) is 6.60. The molecule has 2 bridgehead atoms. The first-order valence-corrected chi connectivity index (χ1v) is 4.33. The summed E-state index contributed by atoms with van der Waals surface area (Å²) in [6.07, 6.45) is 2.67. The Kier molecular flexibility index (Phi) is 1.04. The van der Waals surface area contributed by atoms with E-state index in [0.717, 1.165) is 12.8 Å². The summed E-state index contributed by atoms with van der Waals surface area (Å²) in [5.74, 6) is 0. The molecule has 0 spiro atoms. The summed E-state index contributed by atoms with van der Waals surface area (Å²) in [6, 6.07) is 1.02. The van der Waals surface area contributed by atoms with Crippen molar-refractivity contribution in [1.29, 1.82) is 0 Å². The van der Waals surface area contributed by atoms with Crippen LogP contribution >= 0.6 is 0 Å². The third-order valence-electron chi connectivity index (χ3n) is 3.39. The van der Waals surface area contributed by atoms with Gasteiger partial charge in [0.05, 0.1) is 6.10 Å². The van der Waals surface area contributed by atoms with Crippen molar-refractivity contribution >= 4 is 0 Å². The summed E-state index contributed by atoms with van der Waals surface area (Å²) in [4.78, 5) is 2.38. The summed E-state index contributed by atoms with van der Waals surface area (Å²) in [7, 11) is 2.15. The van der Waals surface area contributed by atoms with Gasteiger partial charge in [-0.2, -0.15) is 0 Å². The second-order valence-electron chi connectivity index (χ2n) is 3.99. The van der Waals surface area contributed by atoms with Crippen molar-refractivity contribution in [2.24, 2.45) is 0 Å². The van der Waals surface area contributed by atoms with Crippen LogP contribution < -0.4 is 0 Å². The number of ether oxygens (including phenoxy) is 1. The summed E-state index contributed by atoms with van der Waals surface area (Å²) in [6.45, 7) is 0. The lowest BCUT2D eigenvalue weighted by molar-refractivity contribution is 0.00149. The van der Waals surface area contributed by atoms with E-state index in [2.05, 4.69) is 11.9 Å². The molecule has 11 heavy (non-hydrogen) atoms. The van der Waals surface area contributed by atoms with Crippen molar-refractivity contribution in [1.82, 2.24) is 4.90 Å². The van der Waals surface area contributed by atoms with Gasteiger partial charge in [-0.05, 0) is 19.9 Å². The summed E-state index contributed by atoms with van der Waals surface area (Å²) >= 11 is 0. The lowest BCUT2D eigenvalue weighted by atomic mass is 10.00. The minimum Gasteiger partial charge on any atom is -0.393 e. The van der Waals surface area contributed by atoms with E-state index in [0.29, 0.717) is 24.3 Å². The fraction of sp³-hybridized carbons (Fsp3) is 1.00. The zero-order valence-electron chi connectivity index (χ0n) is 6.60. The number of rotatable bonds is 0. The smallest absolute Gasteiger partial charge is 0.101 e. The predicted molar refractivity (Wildman–Crippen MR) is 39.2 cm³/mol. The number of hydrogen-bond acceptors (Lipinski definition) is 3. The third-order valence-corrected chi connectivity index (χ3v) is 3.39. The second kappa shape index (κ2) is 1.79. The molecule has 5 atom stereocenters. The Morgan fingerprint density at radius 3 is 2.36 bits per heavy atom. The van der Waals surface area contributed by atoms with E-state index in [1.807, 2.05) is 0 Å². The van der Waals surface area contributed by atoms with E-state index < -0.39 is 0 Å². The summed E-state index contributed by atoms with van der Waals surface area (Å²) in [5.41, 5.74) is 0. The van der Waals surface area contributed by atoms with E-state index >= 15 is 0 Å². The number of epoxide rings is 1. The van der Waals surface area contributed by atoms with Gasteiger partial charge < -0.3 is 9.84 Å². The average Bonchev–Trinajstić information content (AvgIpc) is 2.66. The summed E-state index contributed by atoms with van der Waals surface area (Å²) in [5, 5.41) is 9.46. The normalized spacial score (nSPS) is 61.1. The number of aliphatic hydroxyl groups excluding tert-OH is 1. The number of aliphatic hydroxyl groups is 1. The Labute approximate surface area is 65.9 Å². The molecule has 3 aliphatic rings. The van der Waals surface area contributed by atoms with Crippen LogP contribution in [0.1, 0.15) is 12.8 Å². The van der Waals surface area contributed by atoms with Crippen LogP contribution in [0.4, 0.5) is 0 Å². The number of morpholine rings is 1. The van der Waals surface area contributed by atoms with Crippen LogP contribution in [0.2, 0.25) is 0 Å². The highest BCUT2D eigenvalue weighted by atomic mass is 16.6. The molecule has 1 N–H and O–H groups in total. The van der Waals surface area contributed by atoms with Gasteiger partial charge in [-0.15, -0.1) is 0 Å². The maximum Gasteiger partial charge on any atom is 0.101 e. The molecule has 3 rings (SSSR count). The lowest BCUT2D eigenvalue weighted by Gasteiger charge is -2.36. The SMILES string of the molecule is CN1C2CC(O)C[C@@H]1[C@@H]1O[C@H]21. The fourth-order valence-corrected chi connectivity index (χ4v) is 2.72. The summed E-state index contributed by atoms with van der Waals surface area (Å²) < 4.78 is 5.49. The molecule has 3 heterocycles. The molecule has 0 saturated carbocycles. The van der Waals surface area contributed by atoms with Gasteiger partial charge in [0.2, 0.25) is 0 Å². The van der Waals surface area contributed by atoms with Crippen LogP contribution in [0.3, 0.4) is 0 Å². The first-order chi connectivity index (χ1) is 5.27. The Bertz CT molecular complexity index is 179. The van der Waals surface area contributed by atoms with E-state index in [1.54, 1.807) is 0 Å². The van der Waals surface area contributed by atoms with Gasteiger partial charge in [0.1, 0.15) is 12.2 Å². The van der Waals surface area contributed by atoms with E-state index in [9.17, 15) is 5.11 Å². The molecule has 0 aliphatic carbocycles. The van der Waals surface area contributed by atoms with Crippen molar-refractivity contribution in [2.75, 3.05) is 7.05 Å². The van der Waals surface area contributed by atoms with Gasteiger partial charge >= 0.3 is 0 Å².